The minimum absolute atomic E-state index is 0.0418. The van der Waals surface area contributed by atoms with Crippen LogP contribution in [0.1, 0.15) is 39.7 Å². The zero-order valence-electron chi connectivity index (χ0n) is 12.7. The van der Waals surface area contributed by atoms with Crippen molar-refractivity contribution in [3.63, 3.8) is 0 Å². The van der Waals surface area contributed by atoms with E-state index >= 15 is 0 Å². The summed E-state index contributed by atoms with van der Waals surface area (Å²) in [6.07, 6.45) is 0.926. The van der Waals surface area contributed by atoms with E-state index in [2.05, 4.69) is 19.2 Å². The Bertz CT molecular complexity index is 446. The van der Waals surface area contributed by atoms with Gasteiger partial charge in [0, 0.05) is 25.1 Å². The fourth-order valence-electron chi connectivity index (χ4n) is 1.83. The standard InChI is InChI=1S/C16H24FNO2/c1-11(2)18-10-13(4)20-16-8-14(6-5-12(3)19)7-15(17)9-16/h7-9,11,13,18H,5-6,10H2,1-4H3/t13-/m0/s1. The molecule has 0 heterocycles. The zero-order valence-corrected chi connectivity index (χ0v) is 12.7. The van der Waals surface area contributed by atoms with Crippen LogP contribution in [0.3, 0.4) is 0 Å². The summed E-state index contributed by atoms with van der Waals surface area (Å²) in [6, 6.07) is 5.02. The summed E-state index contributed by atoms with van der Waals surface area (Å²) in [5, 5.41) is 3.27. The highest BCUT2D eigenvalue weighted by Gasteiger charge is 2.08. The second-order valence-electron chi connectivity index (χ2n) is 5.49. The van der Waals surface area contributed by atoms with Gasteiger partial charge in [-0.2, -0.15) is 0 Å². The van der Waals surface area contributed by atoms with Crippen molar-refractivity contribution < 1.29 is 13.9 Å². The first-order valence-corrected chi connectivity index (χ1v) is 7.05. The normalized spacial score (nSPS) is 12.5. The maximum Gasteiger partial charge on any atom is 0.130 e. The molecule has 1 N–H and O–H groups in total. The van der Waals surface area contributed by atoms with Crippen molar-refractivity contribution in [1.82, 2.24) is 5.32 Å². The summed E-state index contributed by atoms with van der Waals surface area (Å²) in [5.41, 5.74) is 0.791. The topological polar surface area (TPSA) is 38.3 Å². The van der Waals surface area contributed by atoms with Gasteiger partial charge in [0.15, 0.2) is 0 Å². The van der Waals surface area contributed by atoms with E-state index in [0.717, 1.165) is 5.56 Å². The van der Waals surface area contributed by atoms with E-state index < -0.39 is 0 Å². The molecule has 112 valence electrons. The molecular formula is C16H24FNO2. The number of nitrogens with one attached hydrogen (secondary N) is 1. The van der Waals surface area contributed by atoms with Crippen LogP contribution in [0.25, 0.3) is 0 Å². The smallest absolute Gasteiger partial charge is 0.130 e. The molecule has 0 saturated carbocycles. The quantitative estimate of drug-likeness (QED) is 0.795. The number of hydrogen-bond acceptors (Lipinski definition) is 3. The molecule has 0 bridgehead atoms. The van der Waals surface area contributed by atoms with Crippen LogP contribution in [-0.2, 0) is 11.2 Å². The molecule has 4 heteroatoms. The summed E-state index contributed by atoms with van der Waals surface area (Å²) in [5.74, 6) is 0.290. The lowest BCUT2D eigenvalue weighted by atomic mass is 10.1. The number of ether oxygens (including phenoxy) is 1. The Balaban J connectivity index is 2.62. The lowest BCUT2D eigenvalue weighted by molar-refractivity contribution is -0.116. The van der Waals surface area contributed by atoms with Crippen molar-refractivity contribution in [2.24, 2.45) is 0 Å². The third kappa shape index (κ3) is 6.66. The Morgan fingerprint density at radius 1 is 1.30 bits per heavy atom. The molecule has 0 aromatic heterocycles. The average Bonchev–Trinajstić information content (AvgIpc) is 2.33. The van der Waals surface area contributed by atoms with Gasteiger partial charge in [0.25, 0.3) is 0 Å². The molecule has 0 radical (unpaired) electrons. The van der Waals surface area contributed by atoms with Gasteiger partial charge in [-0.05, 0) is 38.0 Å². The lowest BCUT2D eigenvalue weighted by Crippen LogP contribution is -2.33. The highest BCUT2D eigenvalue weighted by Crippen LogP contribution is 2.19. The van der Waals surface area contributed by atoms with Crippen LogP contribution in [-0.4, -0.2) is 24.5 Å². The van der Waals surface area contributed by atoms with E-state index in [-0.39, 0.29) is 17.7 Å². The number of aryl methyl sites for hydroxylation is 1. The average molecular weight is 281 g/mol. The molecule has 0 aliphatic carbocycles. The summed E-state index contributed by atoms with van der Waals surface area (Å²) >= 11 is 0. The highest BCUT2D eigenvalue weighted by molar-refractivity contribution is 5.75. The number of halogens is 1. The Hall–Kier alpha value is -1.42. The summed E-state index contributed by atoms with van der Waals surface area (Å²) in [6.45, 7) is 8.31. The Morgan fingerprint density at radius 2 is 2.00 bits per heavy atom. The van der Waals surface area contributed by atoms with Crippen LogP contribution < -0.4 is 10.1 Å². The predicted octanol–water partition coefficient (Wildman–Crippen LogP) is 3.11. The van der Waals surface area contributed by atoms with E-state index in [9.17, 15) is 9.18 Å². The first-order valence-electron chi connectivity index (χ1n) is 7.05. The van der Waals surface area contributed by atoms with E-state index in [0.29, 0.717) is 31.2 Å². The summed E-state index contributed by atoms with van der Waals surface area (Å²) in [7, 11) is 0. The SMILES string of the molecule is CC(=O)CCc1cc(F)cc(O[C@@H](C)CNC(C)C)c1. The van der Waals surface area contributed by atoms with Crippen molar-refractivity contribution in [3.05, 3.63) is 29.6 Å². The summed E-state index contributed by atoms with van der Waals surface area (Å²) in [4.78, 5) is 11.0. The maximum absolute atomic E-state index is 13.5. The van der Waals surface area contributed by atoms with Gasteiger partial charge in [0.05, 0.1) is 0 Å². The van der Waals surface area contributed by atoms with E-state index in [4.69, 9.17) is 4.74 Å². The second-order valence-corrected chi connectivity index (χ2v) is 5.49. The van der Waals surface area contributed by atoms with Crippen molar-refractivity contribution in [3.8, 4) is 5.75 Å². The van der Waals surface area contributed by atoms with E-state index in [1.54, 1.807) is 6.07 Å². The monoisotopic (exact) mass is 281 g/mol. The molecule has 0 aliphatic rings. The molecular weight excluding hydrogens is 257 g/mol. The zero-order chi connectivity index (χ0) is 15.1. The van der Waals surface area contributed by atoms with Crippen LogP contribution in [0.15, 0.2) is 18.2 Å². The molecule has 0 spiro atoms. The fourth-order valence-corrected chi connectivity index (χ4v) is 1.83. The Kier molecular flexibility index (Phi) is 6.65. The minimum Gasteiger partial charge on any atom is -0.489 e. The van der Waals surface area contributed by atoms with E-state index in [1.165, 1.54) is 19.1 Å². The van der Waals surface area contributed by atoms with Crippen LogP contribution >= 0.6 is 0 Å². The first-order chi connectivity index (χ1) is 9.36. The number of Topliss-reactive ketones (excluding diaryl/α,β-unsaturated/α-hetero) is 1. The van der Waals surface area contributed by atoms with Gasteiger partial charge in [-0.1, -0.05) is 13.8 Å². The maximum atomic E-state index is 13.5. The van der Waals surface area contributed by atoms with Gasteiger partial charge in [-0.25, -0.2) is 4.39 Å². The summed E-state index contributed by atoms with van der Waals surface area (Å²) < 4.78 is 19.2. The van der Waals surface area contributed by atoms with Crippen LogP contribution in [0.5, 0.6) is 5.75 Å². The molecule has 1 aromatic carbocycles. The molecule has 3 nitrogen and oxygen atoms in total. The molecule has 0 saturated heterocycles. The highest BCUT2D eigenvalue weighted by atomic mass is 19.1. The van der Waals surface area contributed by atoms with Crippen molar-refractivity contribution in [2.75, 3.05) is 6.54 Å². The molecule has 0 amide bonds. The molecule has 1 aromatic rings. The number of benzene rings is 1. The third-order valence-corrected chi connectivity index (χ3v) is 2.85. The van der Waals surface area contributed by atoms with Gasteiger partial charge < -0.3 is 14.8 Å². The van der Waals surface area contributed by atoms with Gasteiger partial charge in [-0.3, -0.25) is 0 Å². The van der Waals surface area contributed by atoms with Crippen LogP contribution in [0.2, 0.25) is 0 Å². The number of carbonyl (C=O) groups excluding carboxylic acids is 1. The molecule has 0 aliphatic heterocycles. The van der Waals surface area contributed by atoms with E-state index in [1.807, 2.05) is 6.92 Å². The number of rotatable bonds is 8. The Labute approximate surface area is 120 Å². The number of hydrogen-bond donors (Lipinski definition) is 1. The van der Waals surface area contributed by atoms with Crippen LogP contribution in [0.4, 0.5) is 4.39 Å². The largest absolute Gasteiger partial charge is 0.489 e. The van der Waals surface area contributed by atoms with Gasteiger partial charge >= 0.3 is 0 Å². The van der Waals surface area contributed by atoms with Gasteiger partial charge in [0.2, 0.25) is 0 Å². The third-order valence-electron chi connectivity index (χ3n) is 2.85. The lowest BCUT2D eigenvalue weighted by Gasteiger charge is -2.17. The van der Waals surface area contributed by atoms with Crippen molar-refractivity contribution in [2.45, 2.75) is 52.7 Å². The molecule has 0 fully saturated rings. The predicted molar refractivity (Wildman–Crippen MR) is 78.6 cm³/mol. The minimum atomic E-state index is -0.329. The Morgan fingerprint density at radius 3 is 2.60 bits per heavy atom. The van der Waals surface area contributed by atoms with Gasteiger partial charge in [0.1, 0.15) is 23.5 Å². The molecule has 20 heavy (non-hydrogen) atoms. The molecule has 1 atom stereocenters. The molecule has 0 unspecified atom stereocenters. The number of ketones is 1. The van der Waals surface area contributed by atoms with Crippen molar-refractivity contribution in [1.29, 1.82) is 0 Å². The van der Waals surface area contributed by atoms with Crippen molar-refractivity contribution >= 4 is 5.78 Å². The fraction of sp³-hybridized carbons (Fsp3) is 0.562. The van der Waals surface area contributed by atoms with Crippen LogP contribution in [0, 0.1) is 5.82 Å². The molecule has 1 rings (SSSR count). The number of carbonyl (C=O) groups is 1. The second kappa shape index (κ2) is 8.00. The van der Waals surface area contributed by atoms with Gasteiger partial charge in [-0.15, -0.1) is 0 Å². The first kappa shape index (κ1) is 16.6.